The lowest BCUT2D eigenvalue weighted by atomic mass is 10.2. The summed E-state index contributed by atoms with van der Waals surface area (Å²) in [6, 6.07) is 7.56. The molecule has 1 N–H and O–H groups in total. The van der Waals surface area contributed by atoms with Crippen molar-refractivity contribution in [3.8, 4) is 0 Å². The Hall–Kier alpha value is -1.04. The van der Waals surface area contributed by atoms with Crippen LogP contribution in [0.1, 0.15) is 28.2 Å². The number of hydrogen-bond acceptors (Lipinski definition) is 3. The highest BCUT2D eigenvalue weighted by Gasteiger charge is 2.14. The molecule has 100 valence electrons. The predicted octanol–water partition coefficient (Wildman–Crippen LogP) is 4.32. The van der Waals surface area contributed by atoms with E-state index >= 15 is 0 Å². The van der Waals surface area contributed by atoms with Gasteiger partial charge in [-0.3, -0.25) is 4.79 Å². The van der Waals surface area contributed by atoms with Crippen LogP contribution < -0.4 is 5.32 Å². The van der Waals surface area contributed by atoms with Crippen molar-refractivity contribution >= 4 is 41.5 Å². The van der Waals surface area contributed by atoms with Gasteiger partial charge in [0.05, 0.1) is 10.4 Å². The second kappa shape index (κ2) is 5.94. The van der Waals surface area contributed by atoms with E-state index in [4.69, 9.17) is 11.6 Å². The Bertz CT molecular complexity index is 614. The summed E-state index contributed by atoms with van der Waals surface area (Å²) in [4.78, 5) is 13.1. The number of carbonyl (C=O) groups excluding carboxylic acids is 1. The molecule has 2 nitrogen and oxygen atoms in total. The van der Waals surface area contributed by atoms with E-state index in [-0.39, 0.29) is 16.8 Å². The van der Waals surface area contributed by atoms with Crippen LogP contribution in [0.25, 0.3) is 0 Å². The number of nitrogens with one attached hydrogen (secondary N) is 1. The highest BCUT2D eigenvalue weighted by molar-refractivity contribution is 7.80. The Balaban J connectivity index is 2.10. The van der Waals surface area contributed by atoms with Crippen molar-refractivity contribution in [2.24, 2.45) is 0 Å². The number of thiol groups is 1. The molecule has 1 aromatic heterocycles. The zero-order chi connectivity index (χ0) is 14.0. The van der Waals surface area contributed by atoms with Crippen molar-refractivity contribution in [3.05, 3.63) is 50.9 Å². The van der Waals surface area contributed by atoms with E-state index in [0.29, 0.717) is 9.90 Å². The summed E-state index contributed by atoms with van der Waals surface area (Å²) in [6.45, 7) is 1.87. The van der Waals surface area contributed by atoms with Crippen LogP contribution in [0, 0.1) is 5.82 Å². The number of amides is 1. The third kappa shape index (κ3) is 3.49. The molecule has 0 saturated heterocycles. The average molecular weight is 316 g/mol. The minimum Gasteiger partial charge on any atom is -0.345 e. The molecule has 19 heavy (non-hydrogen) atoms. The maximum Gasteiger partial charge on any atom is 0.251 e. The lowest BCUT2D eigenvalue weighted by Gasteiger charge is -2.12. The van der Waals surface area contributed by atoms with Crippen molar-refractivity contribution < 1.29 is 9.18 Å². The van der Waals surface area contributed by atoms with Gasteiger partial charge < -0.3 is 5.32 Å². The number of carbonyl (C=O) groups is 1. The number of rotatable bonds is 3. The fourth-order valence-corrected chi connectivity index (χ4v) is 2.84. The minimum absolute atomic E-state index is 0.152. The summed E-state index contributed by atoms with van der Waals surface area (Å²) in [6.07, 6.45) is 0. The fourth-order valence-electron chi connectivity index (χ4n) is 1.57. The van der Waals surface area contributed by atoms with Gasteiger partial charge in [-0.2, -0.15) is 0 Å². The lowest BCUT2D eigenvalue weighted by molar-refractivity contribution is 0.0940. The SMILES string of the molecule is CC(NC(=O)c1ccc(F)c(S)c1)c1ccc(Cl)s1. The van der Waals surface area contributed by atoms with E-state index in [1.165, 1.54) is 29.5 Å². The Morgan fingerprint density at radius 1 is 1.42 bits per heavy atom. The monoisotopic (exact) mass is 315 g/mol. The van der Waals surface area contributed by atoms with Gasteiger partial charge in [0.1, 0.15) is 5.82 Å². The van der Waals surface area contributed by atoms with Gasteiger partial charge in [0.15, 0.2) is 0 Å². The summed E-state index contributed by atoms with van der Waals surface area (Å²) in [5, 5.41) is 2.83. The molecule has 0 aliphatic rings. The molecule has 1 aromatic carbocycles. The maximum atomic E-state index is 13.1. The maximum absolute atomic E-state index is 13.1. The number of hydrogen-bond donors (Lipinski definition) is 2. The molecule has 1 atom stereocenters. The van der Waals surface area contributed by atoms with E-state index in [9.17, 15) is 9.18 Å². The summed E-state index contributed by atoms with van der Waals surface area (Å²) in [5.41, 5.74) is 0.376. The molecule has 1 unspecified atom stereocenters. The summed E-state index contributed by atoms with van der Waals surface area (Å²) in [5.74, 6) is -0.717. The van der Waals surface area contributed by atoms with Gasteiger partial charge in [-0.25, -0.2) is 4.39 Å². The minimum atomic E-state index is -0.446. The zero-order valence-corrected chi connectivity index (χ0v) is 12.5. The quantitative estimate of drug-likeness (QED) is 0.811. The van der Waals surface area contributed by atoms with Gasteiger partial charge in [-0.15, -0.1) is 24.0 Å². The molecular formula is C13H11ClFNOS2. The van der Waals surface area contributed by atoms with Crippen LogP contribution in [0.5, 0.6) is 0 Å². The van der Waals surface area contributed by atoms with Crippen LogP contribution in [0.4, 0.5) is 4.39 Å². The molecule has 6 heteroatoms. The molecule has 0 fully saturated rings. The largest absolute Gasteiger partial charge is 0.345 e. The average Bonchev–Trinajstić information content (AvgIpc) is 2.79. The van der Waals surface area contributed by atoms with Crippen LogP contribution in [0.3, 0.4) is 0 Å². The number of benzene rings is 1. The van der Waals surface area contributed by atoms with Gasteiger partial charge >= 0.3 is 0 Å². The number of thiophene rings is 1. The molecule has 1 heterocycles. The molecule has 0 aliphatic heterocycles. The van der Waals surface area contributed by atoms with Crippen LogP contribution in [0.15, 0.2) is 35.2 Å². The molecule has 0 saturated carbocycles. The van der Waals surface area contributed by atoms with Gasteiger partial charge in [0.2, 0.25) is 0 Å². The van der Waals surface area contributed by atoms with Crippen LogP contribution in [-0.4, -0.2) is 5.91 Å². The molecule has 2 rings (SSSR count). The lowest BCUT2D eigenvalue weighted by Crippen LogP contribution is -2.26. The van der Waals surface area contributed by atoms with Gasteiger partial charge in [-0.05, 0) is 37.3 Å². The molecular weight excluding hydrogens is 305 g/mol. The van der Waals surface area contributed by atoms with E-state index < -0.39 is 5.82 Å². The Labute approximate surface area is 125 Å². The molecule has 0 aliphatic carbocycles. The standard InChI is InChI=1S/C13H11ClFNOS2/c1-7(11-4-5-12(14)19-11)16-13(17)8-2-3-9(15)10(18)6-8/h2-7,18H,1H3,(H,16,17). The summed E-state index contributed by atoms with van der Waals surface area (Å²) < 4.78 is 13.7. The fraction of sp³-hybridized carbons (Fsp3) is 0.154. The second-order valence-electron chi connectivity index (χ2n) is 4.00. The van der Waals surface area contributed by atoms with Crippen molar-refractivity contribution in [3.63, 3.8) is 0 Å². The normalized spacial score (nSPS) is 12.2. The molecule has 0 radical (unpaired) electrons. The topological polar surface area (TPSA) is 29.1 Å². The van der Waals surface area contributed by atoms with E-state index in [1.807, 2.05) is 13.0 Å². The van der Waals surface area contributed by atoms with Crippen molar-refractivity contribution in [2.45, 2.75) is 17.9 Å². The smallest absolute Gasteiger partial charge is 0.251 e. The predicted molar refractivity (Wildman–Crippen MR) is 78.9 cm³/mol. The van der Waals surface area contributed by atoms with Crippen molar-refractivity contribution in [2.75, 3.05) is 0 Å². The first-order chi connectivity index (χ1) is 8.97. The van der Waals surface area contributed by atoms with Gasteiger partial charge in [0.25, 0.3) is 5.91 Å². The molecule has 0 bridgehead atoms. The van der Waals surface area contributed by atoms with Crippen molar-refractivity contribution in [1.29, 1.82) is 0 Å². The van der Waals surface area contributed by atoms with E-state index in [1.54, 1.807) is 6.07 Å². The first-order valence-corrected chi connectivity index (χ1v) is 7.16. The summed E-state index contributed by atoms with van der Waals surface area (Å²) >= 11 is 11.2. The first-order valence-electron chi connectivity index (χ1n) is 5.52. The van der Waals surface area contributed by atoms with E-state index in [2.05, 4.69) is 17.9 Å². The highest BCUT2D eigenvalue weighted by atomic mass is 35.5. The summed E-state index contributed by atoms with van der Waals surface area (Å²) in [7, 11) is 0. The van der Waals surface area contributed by atoms with Crippen LogP contribution in [0.2, 0.25) is 4.34 Å². The third-order valence-electron chi connectivity index (χ3n) is 2.58. The molecule has 0 spiro atoms. The molecule has 2 aromatic rings. The Morgan fingerprint density at radius 3 is 2.74 bits per heavy atom. The highest BCUT2D eigenvalue weighted by Crippen LogP contribution is 2.27. The Morgan fingerprint density at radius 2 is 2.16 bits per heavy atom. The number of halogens is 2. The van der Waals surface area contributed by atoms with Crippen molar-refractivity contribution in [1.82, 2.24) is 5.32 Å². The first kappa shape index (κ1) is 14.4. The zero-order valence-electron chi connectivity index (χ0n) is 9.98. The van der Waals surface area contributed by atoms with Crippen LogP contribution >= 0.6 is 35.6 Å². The third-order valence-corrected chi connectivity index (χ3v) is 4.33. The van der Waals surface area contributed by atoms with Crippen LogP contribution in [-0.2, 0) is 0 Å². The molecule has 1 amide bonds. The Kier molecular flexibility index (Phi) is 4.50. The second-order valence-corrected chi connectivity index (χ2v) is 6.23. The van der Waals surface area contributed by atoms with Gasteiger partial charge in [0, 0.05) is 15.3 Å². The van der Waals surface area contributed by atoms with E-state index in [0.717, 1.165) is 4.88 Å². The van der Waals surface area contributed by atoms with Gasteiger partial charge in [-0.1, -0.05) is 11.6 Å².